The third-order valence-electron chi connectivity index (χ3n) is 2.21. The van der Waals surface area contributed by atoms with Gasteiger partial charge in [0.15, 0.2) is 0 Å². The minimum Gasteiger partial charge on any atom is -0.298 e. The number of rotatable bonds is 3. The Morgan fingerprint density at radius 3 is 2.77 bits per heavy atom. The summed E-state index contributed by atoms with van der Waals surface area (Å²) in [6, 6.07) is 0.390. The van der Waals surface area contributed by atoms with E-state index in [0.717, 1.165) is 12.8 Å². The average molecular weight is 180 g/mol. The van der Waals surface area contributed by atoms with Crippen LogP contribution in [0.15, 0.2) is 17.2 Å². The van der Waals surface area contributed by atoms with Gasteiger partial charge in [0.1, 0.15) is 5.78 Å². The van der Waals surface area contributed by atoms with Gasteiger partial charge in [-0.15, -0.1) is 0 Å². The Bertz CT molecular complexity index is 385. The van der Waals surface area contributed by atoms with Gasteiger partial charge in [0.2, 0.25) is 0 Å². The summed E-state index contributed by atoms with van der Waals surface area (Å²) in [5.41, 5.74) is -0.0577. The lowest BCUT2D eigenvalue weighted by Gasteiger charge is -1.96. The lowest BCUT2D eigenvalue weighted by molar-refractivity contribution is -0.117. The van der Waals surface area contributed by atoms with Crippen molar-refractivity contribution in [3.05, 3.63) is 22.9 Å². The molecular formula is C9H12N2O2. The summed E-state index contributed by atoms with van der Waals surface area (Å²) in [6.45, 7) is 1.68. The van der Waals surface area contributed by atoms with E-state index in [1.54, 1.807) is 17.0 Å². The highest BCUT2D eigenvalue weighted by Gasteiger charge is 2.25. The van der Waals surface area contributed by atoms with Gasteiger partial charge in [-0.2, -0.15) is 0 Å². The highest BCUT2D eigenvalue weighted by atomic mass is 16.2. The molecule has 1 aromatic rings. The maximum atomic E-state index is 11.6. The molecule has 1 saturated carbocycles. The van der Waals surface area contributed by atoms with Crippen LogP contribution in [-0.2, 0) is 11.3 Å². The van der Waals surface area contributed by atoms with Crippen LogP contribution in [0.5, 0.6) is 0 Å². The maximum Gasteiger partial charge on any atom is 0.328 e. The van der Waals surface area contributed by atoms with Crippen LogP contribution in [0.2, 0.25) is 0 Å². The third kappa shape index (κ3) is 1.56. The molecule has 0 bridgehead atoms. The topological polar surface area (TPSA) is 44.0 Å². The lowest BCUT2D eigenvalue weighted by atomic mass is 10.4. The van der Waals surface area contributed by atoms with Crippen molar-refractivity contribution < 1.29 is 4.79 Å². The number of hydrogen-bond acceptors (Lipinski definition) is 2. The van der Waals surface area contributed by atoms with Crippen LogP contribution in [0.1, 0.15) is 25.8 Å². The van der Waals surface area contributed by atoms with Crippen LogP contribution in [0.3, 0.4) is 0 Å². The Hall–Kier alpha value is -1.32. The molecule has 13 heavy (non-hydrogen) atoms. The van der Waals surface area contributed by atoms with Crippen LogP contribution in [0.4, 0.5) is 0 Å². The van der Waals surface area contributed by atoms with Gasteiger partial charge in [0.05, 0.1) is 6.54 Å². The Kier molecular flexibility index (Phi) is 1.83. The van der Waals surface area contributed by atoms with E-state index in [-0.39, 0.29) is 18.0 Å². The zero-order valence-electron chi connectivity index (χ0n) is 7.56. The fourth-order valence-electron chi connectivity index (χ4n) is 1.42. The van der Waals surface area contributed by atoms with Crippen molar-refractivity contribution in [1.29, 1.82) is 0 Å². The van der Waals surface area contributed by atoms with Gasteiger partial charge >= 0.3 is 5.69 Å². The first-order valence-electron chi connectivity index (χ1n) is 4.45. The largest absolute Gasteiger partial charge is 0.328 e. The molecule has 4 nitrogen and oxygen atoms in total. The van der Waals surface area contributed by atoms with E-state index in [1.807, 2.05) is 0 Å². The van der Waals surface area contributed by atoms with Crippen molar-refractivity contribution >= 4 is 5.78 Å². The van der Waals surface area contributed by atoms with Gasteiger partial charge in [0, 0.05) is 18.4 Å². The van der Waals surface area contributed by atoms with Crippen molar-refractivity contribution in [3.63, 3.8) is 0 Å². The standard InChI is InChI=1S/C9H12N2O2/c1-7(12)6-10-4-5-11(9(10)13)8-2-3-8/h4-5,8H,2-3,6H2,1H3. The lowest BCUT2D eigenvalue weighted by Crippen LogP contribution is -2.25. The molecule has 0 spiro atoms. The van der Waals surface area contributed by atoms with Crippen molar-refractivity contribution in [2.24, 2.45) is 0 Å². The van der Waals surface area contributed by atoms with Crippen LogP contribution >= 0.6 is 0 Å². The van der Waals surface area contributed by atoms with Crippen LogP contribution in [-0.4, -0.2) is 14.9 Å². The summed E-state index contributed by atoms with van der Waals surface area (Å²) in [6.07, 6.45) is 5.62. The van der Waals surface area contributed by atoms with Crippen LogP contribution in [0, 0.1) is 0 Å². The Morgan fingerprint density at radius 1 is 1.54 bits per heavy atom. The van der Waals surface area contributed by atoms with Gasteiger partial charge in [-0.25, -0.2) is 4.79 Å². The zero-order valence-corrected chi connectivity index (χ0v) is 7.56. The fraction of sp³-hybridized carbons (Fsp3) is 0.556. The molecule has 2 rings (SSSR count). The molecule has 1 fully saturated rings. The molecule has 0 atom stereocenters. The normalized spacial score (nSPS) is 16.1. The van der Waals surface area contributed by atoms with E-state index in [0.29, 0.717) is 6.04 Å². The minimum atomic E-state index is -0.0577. The first kappa shape index (κ1) is 8.29. The van der Waals surface area contributed by atoms with E-state index in [2.05, 4.69) is 0 Å². The first-order chi connectivity index (χ1) is 6.18. The SMILES string of the molecule is CC(=O)Cn1ccn(C2CC2)c1=O. The van der Waals surface area contributed by atoms with Gasteiger partial charge in [-0.1, -0.05) is 0 Å². The predicted molar refractivity (Wildman–Crippen MR) is 47.6 cm³/mol. The highest BCUT2D eigenvalue weighted by Crippen LogP contribution is 2.33. The molecule has 70 valence electrons. The molecule has 4 heteroatoms. The van der Waals surface area contributed by atoms with Crippen molar-refractivity contribution in [2.75, 3.05) is 0 Å². The molecule has 0 aromatic carbocycles. The van der Waals surface area contributed by atoms with Crippen molar-refractivity contribution in [2.45, 2.75) is 32.4 Å². The molecule has 0 saturated heterocycles. The number of nitrogens with zero attached hydrogens (tertiary/aromatic N) is 2. The van der Waals surface area contributed by atoms with E-state index in [4.69, 9.17) is 0 Å². The van der Waals surface area contributed by atoms with Gasteiger partial charge in [-0.3, -0.25) is 13.9 Å². The van der Waals surface area contributed by atoms with Gasteiger partial charge < -0.3 is 0 Å². The number of carbonyl (C=O) groups is 1. The quantitative estimate of drug-likeness (QED) is 0.682. The maximum absolute atomic E-state index is 11.6. The molecule has 0 aliphatic heterocycles. The van der Waals surface area contributed by atoms with Crippen LogP contribution in [0.25, 0.3) is 0 Å². The Labute approximate surface area is 75.8 Å². The van der Waals surface area contributed by atoms with Crippen LogP contribution < -0.4 is 5.69 Å². The number of Topliss-reactive ketones (excluding diaryl/α,β-unsaturated/α-hetero) is 1. The second-order valence-electron chi connectivity index (χ2n) is 3.55. The number of hydrogen-bond donors (Lipinski definition) is 0. The molecule has 1 aromatic heterocycles. The summed E-state index contributed by atoms with van der Waals surface area (Å²) in [5, 5.41) is 0. The van der Waals surface area contributed by atoms with E-state index < -0.39 is 0 Å². The summed E-state index contributed by atoms with van der Waals surface area (Å²) >= 11 is 0. The number of carbonyl (C=O) groups excluding carboxylic acids is 1. The Balaban J connectivity index is 2.27. The predicted octanol–water partition coefficient (Wildman–Crippen LogP) is 0.574. The minimum absolute atomic E-state index is 0.00986. The van der Waals surface area contributed by atoms with E-state index in [9.17, 15) is 9.59 Å². The fourth-order valence-corrected chi connectivity index (χ4v) is 1.42. The summed E-state index contributed by atoms with van der Waals surface area (Å²) in [5.74, 6) is 0.00986. The van der Waals surface area contributed by atoms with E-state index in [1.165, 1.54) is 11.5 Å². The number of ketones is 1. The molecule has 1 heterocycles. The van der Waals surface area contributed by atoms with Crippen molar-refractivity contribution in [3.8, 4) is 0 Å². The molecule has 0 unspecified atom stereocenters. The Morgan fingerprint density at radius 2 is 2.23 bits per heavy atom. The average Bonchev–Trinajstić information content (AvgIpc) is 2.81. The first-order valence-corrected chi connectivity index (χ1v) is 4.45. The third-order valence-corrected chi connectivity index (χ3v) is 2.21. The number of imidazole rings is 1. The molecule has 1 aliphatic carbocycles. The summed E-state index contributed by atoms with van der Waals surface area (Å²) in [7, 11) is 0. The molecule has 0 amide bonds. The molecular weight excluding hydrogens is 168 g/mol. The number of aromatic nitrogens is 2. The molecule has 1 aliphatic rings. The zero-order chi connectivity index (χ0) is 9.42. The summed E-state index contributed by atoms with van der Waals surface area (Å²) in [4.78, 5) is 22.4. The second kappa shape index (κ2) is 2.87. The van der Waals surface area contributed by atoms with Gasteiger partial charge in [0.25, 0.3) is 0 Å². The monoisotopic (exact) mass is 180 g/mol. The molecule has 0 radical (unpaired) electrons. The van der Waals surface area contributed by atoms with E-state index >= 15 is 0 Å². The smallest absolute Gasteiger partial charge is 0.298 e. The molecule has 0 N–H and O–H groups in total. The van der Waals surface area contributed by atoms with Crippen molar-refractivity contribution in [1.82, 2.24) is 9.13 Å². The summed E-state index contributed by atoms with van der Waals surface area (Å²) < 4.78 is 3.17. The van der Waals surface area contributed by atoms with Gasteiger partial charge in [-0.05, 0) is 19.8 Å². The second-order valence-corrected chi connectivity index (χ2v) is 3.55. The highest BCUT2D eigenvalue weighted by molar-refractivity contribution is 5.75.